The number of aliphatic hydroxyl groups is 2. The van der Waals surface area contributed by atoms with E-state index >= 15 is 0 Å². The van der Waals surface area contributed by atoms with Gasteiger partial charge in [-0.05, 0) is 13.8 Å². The van der Waals surface area contributed by atoms with E-state index in [2.05, 4.69) is 6.58 Å². The average molecular weight is 224 g/mol. The molecule has 0 bridgehead atoms. The standard InChI is InChI=1S/C4H6O2.C3H8O2.CH2O3/c1-3(2)4(5)6;1-3(5)2-4;2-1(3)4/h1H2,2H3,(H,5,6);3-5H,2H2,1H3;(H2,2,3,4). The second-order valence-electron chi connectivity index (χ2n) is 2.40. The van der Waals surface area contributed by atoms with Crippen LogP contribution in [0, 0.1) is 0 Å². The number of rotatable bonds is 2. The Labute approximate surface area is 86.9 Å². The Morgan fingerprint density at radius 2 is 1.40 bits per heavy atom. The topological polar surface area (TPSA) is 135 Å². The van der Waals surface area contributed by atoms with Gasteiger partial charge < -0.3 is 25.5 Å². The quantitative estimate of drug-likeness (QED) is 0.423. The molecular weight excluding hydrogens is 208 g/mol. The van der Waals surface area contributed by atoms with Crippen LogP contribution in [-0.2, 0) is 4.79 Å². The van der Waals surface area contributed by atoms with Crippen LogP contribution in [0.4, 0.5) is 4.79 Å². The van der Waals surface area contributed by atoms with Gasteiger partial charge in [0.25, 0.3) is 0 Å². The summed E-state index contributed by atoms with van der Waals surface area (Å²) in [7, 11) is 0. The van der Waals surface area contributed by atoms with Crippen LogP contribution >= 0.6 is 0 Å². The smallest absolute Gasteiger partial charge is 0.478 e. The Hall–Kier alpha value is -1.60. The Morgan fingerprint density at radius 1 is 1.27 bits per heavy atom. The molecule has 0 radical (unpaired) electrons. The first-order valence-electron chi connectivity index (χ1n) is 3.74. The highest BCUT2D eigenvalue weighted by Crippen LogP contribution is 1.81. The molecule has 0 aliphatic heterocycles. The van der Waals surface area contributed by atoms with Gasteiger partial charge in [0, 0.05) is 5.57 Å². The molecule has 0 aliphatic rings. The summed E-state index contributed by atoms with van der Waals surface area (Å²) in [6.45, 7) is 5.99. The lowest BCUT2D eigenvalue weighted by atomic mass is 10.4. The Balaban J connectivity index is -0.000000147. The first kappa shape index (κ1) is 19.0. The summed E-state index contributed by atoms with van der Waals surface area (Å²) in [6, 6.07) is 0. The van der Waals surface area contributed by atoms with Crippen molar-refractivity contribution in [3.05, 3.63) is 12.2 Å². The van der Waals surface area contributed by atoms with E-state index in [0.717, 1.165) is 0 Å². The summed E-state index contributed by atoms with van der Waals surface area (Å²) < 4.78 is 0. The van der Waals surface area contributed by atoms with Gasteiger partial charge in [0.1, 0.15) is 0 Å². The van der Waals surface area contributed by atoms with Crippen LogP contribution in [0.25, 0.3) is 0 Å². The zero-order chi connectivity index (χ0) is 13.0. The van der Waals surface area contributed by atoms with Crippen LogP contribution in [0.5, 0.6) is 0 Å². The van der Waals surface area contributed by atoms with Crippen LogP contribution < -0.4 is 0 Å². The average Bonchev–Trinajstić information content (AvgIpc) is 2.04. The monoisotopic (exact) mass is 224 g/mol. The number of hydrogen-bond donors (Lipinski definition) is 5. The van der Waals surface area contributed by atoms with E-state index in [1.165, 1.54) is 13.8 Å². The molecule has 15 heavy (non-hydrogen) atoms. The van der Waals surface area contributed by atoms with Crippen molar-refractivity contribution in [2.45, 2.75) is 20.0 Å². The molecule has 0 rings (SSSR count). The van der Waals surface area contributed by atoms with Crippen molar-refractivity contribution in [1.82, 2.24) is 0 Å². The normalized spacial score (nSPS) is 9.60. The highest BCUT2D eigenvalue weighted by atomic mass is 16.6. The van der Waals surface area contributed by atoms with Gasteiger partial charge >= 0.3 is 12.1 Å². The van der Waals surface area contributed by atoms with Gasteiger partial charge in [-0.25, -0.2) is 9.59 Å². The Kier molecular flexibility index (Phi) is 15.7. The van der Waals surface area contributed by atoms with Crippen molar-refractivity contribution >= 4 is 12.1 Å². The molecule has 1 unspecified atom stereocenters. The minimum atomic E-state index is -1.83. The van der Waals surface area contributed by atoms with E-state index in [4.69, 9.17) is 30.3 Å². The van der Waals surface area contributed by atoms with Crippen molar-refractivity contribution in [2.75, 3.05) is 6.61 Å². The largest absolute Gasteiger partial charge is 0.503 e. The summed E-state index contributed by atoms with van der Waals surface area (Å²) in [4.78, 5) is 18.2. The van der Waals surface area contributed by atoms with Crippen molar-refractivity contribution < 1.29 is 35.1 Å². The van der Waals surface area contributed by atoms with Crippen molar-refractivity contribution in [2.24, 2.45) is 0 Å². The molecule has 90 valence electrons. The molecule has 0 aromatic heterocycles. The van der Waals surface area contributed by atoms with Crippen LogP contribution in [0.2, 0.25) is 0 Å². The van der Waals surface area contributed by atoms with Gasteiger partial charge in [0.15, 0.2) is 0 Å². The van der Waals surface area contributed by atoms with Crippen molar-refractivity contribution in [3.63, 3.8) is 0 Å². The van der Waals surface area contributed by atoms with Gasteiger partial charge in [-0.1, -0.05) is 6.58 Å². The fraction of sp³-hybridized carbons (Fsp3) is 0.500. The maximum absolute atomic E-state index is 9.60. The molecule has 0 aromatic rings. The second-order valence-corrected chi connectivity index (χ2v) is 2.40. The summed E-state index contributed by atoms with van der Waals surface area (Å²) in [6.07, 6.45) is -2.39. The van der Waals surface area contributed by atoms with Crippen LogP contribution in [0.1, 0.15) is 13.8 Å². The number of aliphatic carboxylic acids is 1. The first-order valence-corrected chi connectivity index (χ1v) is 3.74. The predicted molar refractivity (Wildman–Crippen MR) is 51.9 cm³/mol. The lowest BCUT2D eigenvalue weighted by Gasteiger charge is -1.90. The maximum atomic E-state index is 9.60. The third kappa shape index (κ3) is 69.3. The van der Waals surface area contributed by atoms with E-state index in [1.807, 2.05) is 0 Å². The van der Waals surface area contributed by atoms with Crippen molar-refractivity contribution in [1.29, 1.82) is 0 Å². The first-order chi connectivity index (χ1) is 6.64. The molecule has 0 aliphatic carbocycles. The molecule has 7 heteroatoms. The van der Waals surface area contributed by atoms with E-state index in [0.29, 0.717) is 0 Å². The Bertz CT molecular complexity index is 181. The number of aliphatic hydroxyl groups excluding tert-OH is 2. The summed E-state index contributed by atoms with van der Waals surface area (Å²) in [5, 5.41) is 37.8. The predicted octanol–water partition coefficient (Wildman–Crippen LogP) is 0.229. The van der Waals surface area contributed by atoms with E-state index < -0.39 is 18.2 Å². The zero-order valence-corrected chi connectivity index (χ0v) is 8.54. The zero-order valence-electron chi connectivity index (χ0n) is 8.54. The summed E-state index contributed by atoms with van der Waals surface area (Å²) in [5.41, 5.74) is 0.176. The van der Waals surface area contributed by atoms with E-state index in [1.54, 1.807) is 0 Å². The van der Waals surface area contributed by atoms with Gasteiger partial charge in [-0.15, -0.1) is 0 Å². The van der Waals surface area contributed by atoms with E-state index in [9.17, 15) is 4.79 Å². The highest BCUT2D eigenvalue weighted by Gasteiger charge is 1.90. The van der Waals surface area contributed by atoms with Gasteiger partial charge in [0.05, 0.1) is 12.7 Å². The molecule has 0 saturated carbocycles. The minimum absolute atomic E-state index is 0.139. The lowest BCUT2D eigenvalue weighted by molar-refractivity contribution is -0.132. The summed E-state index contributed by atoms with van der Waals surface area (Å²) in [5.74, 6) is -0.935. The Morgan fingerprint density at radius 3 is 1.40 bits per heavy atom. The molecule has 0 heterocycles. The summed E-state index contributed by atoms with van der Waals surface area (Å²) >= 11 is 0. The molecule has 7 nitrogen and oxygen atoms in total. The number of carboxylic acids is 1. The number of carboxylic acid groups (broad SMARTS) is 3. The molecular formula is C8H16O7. The molecule has 0 saturated heterocycles. The van der Waals surface area contributed by atoms with Crippen LogP contribution in [0.3, 0.4) is 0 Å². The molecule has 0 aromatic carbocycles. The maximum Gasteiger partial charge on any atom is 0.503 e. The van der Waals surface area contributed by atoms with E-state index in [-0.39, 0.29) is 12.2 Å². The highest BCUT2D eigenvalue weighted by molar-refractivity contribution is 5.84. The van der Waals surface area contributed by atoms with Gasteiger partial charge in [-0.2, -0.15) is 0 Å². The third-order valence-electron chi connectivity index (χ3n) is 0.629. The third-order valence-corrected chi connectivity index (χ3v) is 0.629. The van der Waals surface area contributed by atoms with Gasteiger partial charge in [0.2, 0.25) is 0 Å². The molecule has 0 amide bonds. The SMILES string of the molecule is C=C(C)C(=O)O.CC(O)CO.O=C(O)O. The minimum Gasteiger partial charge on any atom is -0.478 e. The van der Waals surface area contributed by atoms with Crippen LogP contribution in [0.15, 0.2) is 12.2 Å². The van der Waals surface area contributed by atoms with Crippen LogP contribution in [-0.4, -0.2) is 50.4 Å². The molecule has 5 N–H and O–H groups in total. The fourth-order valence-electron chi connectivity index (χ4n) is 0. The second kappa shape index (κ2) is 12.4. The molecule has 1 atom stereocenters. The molecule has 0 spiro atoms. The molecule has 0 fully saturated rings. The number of carbonyl (C=O) groups is 2. The fourth-order valence-corrected chi connectivity index (χ4v) is 0. The lowest BCUT2D eigenvalue weighted by Crippen LogP contribution is -2.03. The van der Waals surface area contributed by atoms with Gasteiger partial charge in [-0.3, -0.25) is 0 Å². The number of hydrogen-bond acceptors (Lipinski definition) is 4. The van der Waals surface area contributed by atoms with Crippen molar-refractivity contribution in [3.8, 4) is 0 Å².